The van der Waals surface area contributed by atoms with E-state index in [4.69, 9.17) is 0 Å². The molecule has 29 heavy (non-hydrogen) atoms. The third kappa shape index (κ3) is 4.19. The predicted molar refractivity (Wildman–Crippen MR) is 111 cm³/mol. The predicted octanol–water partition coefficient (Wildman–Crippen LogP) is 2.85. The van der Waals surface area contributed by atoms with Gasteiger partial charge in [0.2, 0.25) is 15.9 Å². The number of benzene rings is 2. The fourth-order valence-corrected chi connectivity index (χ4v) is 5.54. The lowest BCUT2D eigenvalue weighted by Crippen LogP contribution is -2.39. The Hall–Kier alpha value is -2.67. The van der Waals surface area contributed by atoms with Crippen LogP contribution in [0.3, 0.4) is 0 Å². The fourth-order valence-electron chi connectivity index (χ4n) is 4.08. The van der Waals surface area contributed by atoms with Gasteiger partial charge in [0.1, 0.15) is 0 Å². The lowest BCUT2D eigenvalue weighted by atomic mass is 9.90. The Labute approximate surface area is 171 Å². The van der Waals surface area contributed by atoms with Gasteiger partial charge in [-0.2, -0.15) is 0 Å². The van der Waals surface area contributed by atoms with Gasteiger partial charge in [0.15, 0.2) is 0 Å². The maximum absolute atomic E-state index is 12.8. The molecule has 2 saturated heterocycles. The van der Waals surface area contributed by atoms with Crippen molar-refractivity contribution < 1.29 is 18.0 Å². The van der Waals surface area contributed by atoms with Gasteiger partial charge in [-0.25, -0.2) is 12.7 Å². The van der Waals surface area contributed by atoms with E-state index >= 15 is 0 Å². The molecule has 7 heteroatoms. The molecule has 0 saturated carbocycles. The highest BCUT2D eigenvalue weighted by atomic mass is 32.2. The summed E-state index contributed by atoms with van der Waals surface area (Å²) in [6.45, 7) is 1.44. The van der Waals surface area contributed by atoms with Crippen molar-refractivity contribution in [1.29, 1.82) is 0 Å². The highest BCUT2D eigenvalue weighted by Gasteiger charge is 2.36. The van der Waals surface area contributed by atoms with Crippen molar-refractivity contribution in [2.45, 2.75) is 25.7 Å². The normalized spacial score (nSPS) is 19.5. The van der Waals surface area contributed by atoms with Crippen LogP contribution in [-0.2, 0) is 21.2 Å². The van der Waals surface area contributed by atoms with E-state index in [2.05, 4.69) is 24.3 Å². The first-order valence-corrected chi connectivity index (χ1v) is 11.5. The van der Waals surface area contributed by atoms with Gasteiger partial charge in [-0.05, 0) is 55.0 Å². The fraction of sp³-hybridized carbons (Fsp3) is 0.364. The zero-order valence-corrected chi connectivity index (χ0v) is 17.0. The lowest BCUT2D eigenvalue weighted by Gasteiger charge is -2.32. The molecule has 0 radical (unpaired) electrons. The molecule has 0 N–H and O–H groups in total. The summed E-state index contributed by atoms with van der Waals surface area (Å²) < 4.78 is 24.9. The summed E-state index contributed by atoms with van der Waals surface area (Å²) in [6.07, 6.45) is 2.98. The summed E-state index contributed by atoms with van der Waals surface area (Å²) in [5.41, 5.74) is 2.14. The van der Waals surface area contributed by atoms with Crippen LogP contribution in [0.25, 0.3) is 0 Å². The molecule has 2 heterocycles. The molecule has 2 amide bonds. The minimum Gasteiger partial charge on any atom is -0.339 e. The quantitative estimate of drug-likeness (QED) is 0.774. The van der Waals surface area contributed by atoms with Gasteiger partial charge in [0.25, 0.3) is 5.91 Å². The van der Waals surface area contributed by atoms with Gasteiger partial charge >= 0.3 is 0 Å². The van der Waals surface area contributed by atoms with Gasteiger partial charge in [-0.3, -0.25) is 9.59 Å². The first-order valence-electron chi connectivity index (χ1n) is 9.93. The molecule has 0 bridgehead atoms. The number of amides is 2. The highest BCUT2D eigenvalue weighted by Crippen LogP contribution is 2.27. The monoisotopic (exact) mass is 412 g/mol. The lowest BCUT2D eigenvalue weighted by molar-refractivity contribution is -0.116. The molecular formula is C22H24N2O4S. The molecule has 4 rings (SSSR count). The average molecular weight is 413 g/mol. The minimum absolute atomic E-state index is 0.000934. The highest BCUT2D eigenvalue weighted by molar-refractivity contribution is 7.94. The molecule has 0 aliphatic carbocycles. The van der Waals surface area contributed by atoms with Crippen LogP contribution in [0.15, 0.2) is 54.6 Å². The maximum Gasteiger partial charge on any atom is 0.253 e. The molecule has 2 aliphatic heterocycles. The van der Waals surface area contributed by atoms with Crippen LogP contribution in [0.1, 0.15) is 35.2 Å². The average Bonchev–Trinajstić information content (AvgIpc) is 3.01. The van der Waals surface area contributed by atoms with Crippen LogP contribution < -0.4 is 4.31 Å². The zero-order valence-electron chi connectivity index (χ0n) is 16.2. The Morgan fingerprint density at radius 1 is 0.966 bits per heavy atom. The topological polar surface area (TPSA) is 74.8 Å². The minimum atomic E-state index is -3.59. The molecular weight excluding hydrogens is 388 g/mol. The van der Waals surface area contributed by atoms with E-state index in [0.717, 1.165) is 36.7 Å². The van der Waals surface area contributed by atoms with Crippen LogP contribution in [0.5, 0.6) is 0 Å². The molecule has 2 aromatic rings. The van der Waals surface area contributed by atoms with Crippen molar-refractivity contribution in [2.24, 2.45) is 5.92 Å². The number of sulfonamides is 1. The SMILES string of the molecule is O=C(c1ccc(N2C(=O)CCS2(=O)=O)cc1)N1CCC(Cc2ccccc2)CC1. The number of hydrogen-bond donors (Lipinski definition) is 0. The van der Waals surface area contributed by atoms with E-state index in [0.29, 0.717) is 17.2 Å². The first-order chi connectivity index (χ1) is 13.9. The van der Waals surface area contributed by atoms with Crippen molar-refractivity contribution in [3.05, 3.63) is 65.7 Å². The van der Waals surface area contributed by atoms with Gasteiger partial charge in [-0.15, -0.1) is 0 Å². The number of likely N-dealkylation sites (tertiary alicyclic amines) is 1. The third-order valence-corrected chi connectivity index (χ3v) is 7.39. The Bertz CT molecular complexity index is 995. The van der Waals surface area contributed by atoms with Gasteiger partial charge in [0, 0.05) is 25.1 Å². The second-order valence-electron chi connectivity index (χ2n) is 7.70. The first kappa shape index (κ1) is 19.6. The van der Waals surface area contributed by atoms with Crippen molar-refractivity contribution in [2.75, 3.05) is 23.1 Å². The number of carbonyl (C=O) groups is 2. The molecule has 0 unspecified atom stereocenters. The second-order valence-corrected chi connectivity index (χ2v) is 9.63. The molecule has 152 valence electrons. The Balaban J connectivity index is 1.37. The molecule has 0 aromatic heterocycles. The van der Waals surface area contributed by atoms with Crippen LogP contribution in [0.2, 0.25) is 0 Å². The summed E-state index contributed by atoms with van der Waals surface area (Å²) in [6, 6.07) is 16.7. The van der Waals surface area contributed by atoms with Crippen molar-refractivity contribution in [3.8, 4) is 0 Å². The second kappa shape index (κ2) is 7.99. The van der Waals surface area contributed by atoms with Crippen molar-refractivity contribution in [3.63, 3.8) is 0 Å². The molecule has 0 atom stereocenters. The van der Waals surface area contributed by atoms with Crippen LogP contribution >= 0.6 is 0 Å². The third-order valence-electron chi connectivity index (χ3n) is 5.70. The van der Waals surface area contributed by atoms with Crippen molar-refractivity contribution >= 4 is 27.5 Å². The van der Waals surface area contributed by atoms with E-state index in [1.165, 1.54) is 17.7 Å². The van der Waals surface area contributed by atoms with Crippen LogP contribution in [-0.4, -0.2) is 44.0 Å². The van der Waals surface area contributed by atoms with Gasteiger partial charge < -0.3 is 4.90 Å². The van der Waals surface area contributed by atoms with Crippen molar-refractivity contribution in [1.82, 2.24) is 4.90 Å². The molecule has 2 aliphatic rings. The largest absolute Gasteiger partial charge is 0.339 e. The number of piperidine rings is 1. The Morgan fingerprint density at radius 2 is 1.62 bits per heavy atom. The number of nitrogens with zero attached hydrogens (tertiary/aromatic N) is 2. The van der Waals surface area contributed by atoms with Crippen LogP contribution in [0.4, 0.5) is 5.69 Å². The van der Waals surface area contributed by atoms with E-state index in [9.17, 15) is 18.0 Å². The van der Waals surface area contributed by atoms with Gasteiger partial charge in [-0.1, -0.05) is 30.3 Å². The summed E-state index contributed by atoms with van der Waals surface area (Å²) in [7, 11) is -3.59. The maximum atomic E-state index is 12.8. The van der Waals surface area contributed by atoms with E-state index in [-0.39, 0.29) is 18.1 Å². The van der Waals surface area contributed by atoms with Gasteiger partial charge in [0.05, 0.1) is 11.4 Å². The molecule has 0 spiro atoms. The Kier molecular flexibility index (Phi) is 5.41. The summed E-state index contributed by atoms with van der Waals surface area (Å²) >= 11 is 0. The molecule has 6 nitrogen and oxygen atoms in total. The van der Waals surface area contributed by atoms with E-state index in [1.807, 2.05) is 11.0 Å². The summed E-state index contributed by atoms with van der Waals surface area (Å²) in [5, 5.41) is 0. The smallest absolute Gasteiger partial charge is 0.253 e. The van der Waals surface area contributed by atoms with E-state index in [1.54, 1.807) is 12.1 Å². The molecule has 2 fully saturated rings. The summed E-state index contributed by atoms with van der Waals surface area (Å²) in [5.74, 6) is -0.0603. The number of hydrogen-bond acceptors (Lipinski definition) is 4. The molecule has 2 aromatic carbocycles. The number of carbonyl (C=O) groups excluding carboxylic acids is 2. The number of rotatable bonds is 4. The number of anilines is 1. The summed E-state index contributed by atoms with van der Waals surface area (Å²) in [4.78, 5) is 26.6. The van der Waals surface area contributed by atoms with Crippen LogP contribution in [0, 0.1) is 5.92 Å². The van der Waals surface area contributed by atoms with E-state index < -0.39 is 15.9 Å². The zero-order chi connectivity index (χ0) is 20.4. The Morgan fingerprint density at radius 3 is 2.21 bits per heavy atom. The standard InChI is InChI=1S/C22H24N2O4S/c25-21-12-15-29(27,28)24(21)20-8-6-19(7-9-20)22(26)23-13-10-18(11-14-23)16-17-4-2-1-3-5-17/h1-9,18H,10-16H2.